The van der Waals surface area contributed by atoms with E-state index in [1.54, 1.807) is 59.3 Å². The lowest BCUT2D eigenvalue weighted by atomic mass is 9.86. The molecule has 4 aliphatic rings. The monoisotopic (exact) mass is 1340 g/mol. The van der Waals surface area contributed by atoms with Crippen LogP contribution in [-0.2, 0) is 66.6 Å². The van der Waals surface area contributed by atoms with E-state index in [9.17, 15) is 0 Å². The number of hydrogen-bond acceptors (Lipinski definition) is 0. The van der Waals surface area contributed by atoms with E-state index in [1.807, 2.05) is 100 Å². The third-order valence-corrected chi connectivity index (χ3v) is 20.7. The summed E-state index contributed by atoms with van der Waals surface area (Å²) >= 11 is 0. The number of nitrogens with zero attached hydrogens (tertiary/aromatic N) is 4. The van der Waals surface area contributed by atoms with Crippen molar-refractivity contribution in [1.82, 2.24) is 0 Å². The quantitative estimate of drug-likeness (QED) is 0.141. The van der Waals surface area contributed by atoms with Gasteiger partial charge in [-0.2, -0.15) is 0 Å². The van der Waals surface area contributed by atoms with Crippen LogP contribution in [0, 0.1) is 66.0 Å². The molecular weight excluding hydrogens is 1220 g/mol. The van der Waals surface area contributed by atoms with Crippen molar-refractivity contribution in [2.24, 2.45) is 39.0 Å². The zero-order valence-corrected chi connectivity index (χ0v) is 62.2. The van der Waals surface area contributed by atoms with Crippen LogP contribution < -0.4 is 18.3 Å². The second-order valence-corrected chi connectivity index (χ2v) is 30.6. The minimum atomic E-state index is -2.41. The first kappa shape index (κ1) is 54.2. The van der Waals surface area contributed by atoms with Gasteiger partial charge in [0, 0.05) is 88.5 Å². The van der Waals surface area contributed by atoms with E-state index in [1.165, 1.54) is 111 Å². The predicted octanol–water partition coefficient (Wildman–Crippen LogP) is 21.8. The average Bonchev–Trinajstić information content (AvgIpc) is 1.68. The highest BCUT2D eigenvalue weighted by Crippen LogP contribution is 2.47. The summed E-state index contributed by atoms with van der Waals surface area (Å²) in [5.41, 5.74) is 36.0. The molecule has 16 rings (SSSR count). The Morgan fingerprint density at radius 3 is 1.06 bits per heavy atom. The average molecular weight is 1340 g/mol. The summed E-state index contributed by atoms with van der Waals surface area (Å²) in [5.74, 6) is -1.01. The van der Waals surface area contributed by atoms with Crippen molar-refractivity contribution in [3.8, 4) is 89.5 Å². The number of fused-ring (bicyclic) bond motifs is 12. The Hall–Kier alpha value is -9.64. The Bertz CT molecular complexity index is 5880. The molecule has 4 aliphatic carbocycles. The first-order chi connectivity index (χ1) is 53.6. The molecule has 4 heterocycles. The van der Waals surface area contributed by atoms with Crippen LogP contribution in [0.25, 0.3) is 89.5 Å². The number of rotatable bonds is 7. The fourth-order valence-electron chi connectivity index (χ4n) is 15.9. The van der Waals surface area contributed by atoms with Crippen molar-refractivity contribution < 1.29 is 37.5 Å². The Morgan fingerprint density at radius 1 is 0.356 bits per heavy atom. The molecule has 12 aromatic rings. The van der Waals surface area contributed by atoms with E-state index in [4.69, 9.17) is 19.2 Å². The smallest absolute Gasteiger partial charge is 0.201 e. The molecule has 4 heteroatoms. The van der Waals surface area contributed by atoms with Crippen LogP contribution in [0.3, 0.4) is 0 Å². The van der Waals surface area contributed by atoms with Crippen molar-refractivity contribution in [1.29, 1.82) is 0 Å². The molecule has 0 unspecified atom stereocenters. The van der Waals surface area contributed by atoms with Crippen molar-refractivity contribution in [3.05, 3.63) is 306 Å². The summed E-state index contributed by atoms with van der Waals surface area (Å²) < 4.78 is 122. The topological polar surface area (TPSA) is 15.5 Å². The number of hydrogen-bond donors (Lipinski definition) is 0. The van der Waals surface area contributed by atoms with E-state index < -0.39 is 50.0 Å². The van der Waals surface area contributed by atoms with Crippen LogP contribution in [0.5, 0.6) is 0 Å². The maximum atomic E-state index is 8.85. The molecule has 510 valence electrons. The summed E-state index contributed by atoms with van der Waals surface area (Å²) in [6.45, 7) is 18.5. The van der Waals surface area contributed by atoms with E-state index in [0.717, 1.165) is 81.8 Å². The van der Waals surface area contributed by atoms with Gasteiger partial charge in [0.1, 0.15) is 28.2 Å². The Kier molecular flexibility index (Phi) is 14.9. The highest BCUT2D eigenvalue weighted by Gasteiger charge is 2.30. The van der Waals surface area contributed by atoms with Gasteiger partial charge in [0.15, 0.2) is 24.8 Å². The van der Waals surface area contributed by atoms with Crippen molar-refractivity contribution in [2.75, 3.05) is 0 Å². The predicted molar refractivity (Wildman–Crippen MR) is 423 cm³/mol. The number of aryl methyl sites for hydroxylation is 8. The molecule has 0 fully saturated rings. The Balaban J connectivity index is 0.000000134. The van der Waals surface area contributed by atoms with E-state index in [-0.39, 0.29) is 16.7 Å². The molecule has 4 aromatic heterocycles. The SMILES string of the molecule is [2H]C([2H])([2H])c1c[n+](C)c(-c2ccc3c(c2C)-c2ccccc2C3)cc1C.[2H]C([2H])([2H])c1c[n+](C)c(-c2ccc3c(c2C)-c2ccccc2C3)cc1C([2H])(C)C.[2H]C([2H])([2H])c1c[n+](C)c(-c2ccc3c(c2C)-c2ccccc2C3)cc1C([2H])([2H])C(C)(C)C.[2H]C([2H])(c1cc[n+](C)c(-c2ccc3c(c2C)-c2ccccc2C3)c1)C(C)(C)C. The largest absolute Gasteiger partial charge is 0.212 e. The number of benzene rings is 8. The summed E-state index contributed by atoms with van der Waals surface area (Å²) in [7, 11) is 7.67. The summed E-state index contributed by atoms with van der Waals surface area (Å²) in [6, 6.07) is 61.1. The van der Waals surface area contributed by atoms with E-state index in [2.05, 4.69) is 178 Å². The van der Waals surface area contributed by atoms with Crippen molar-refractivity contribution in [2.45, 2.75) is 155 Å². The van der Waals surface area contributed by atoms with E-state index in [0.29, 0.717) is 11.1 Å². The minimum absolute atomic E-state index is 0.0628. The highest BCUT2D eigenvalue weighted by atomic mass is 14.9. The third-order valence-electron chi connectivity index (χ3n) is 20.7. The van der Waals surface area contributed by atoms with Gasteiger partial charge in [-0.15, -0.1) is 0 Å². The minimum Gasteiger partial charge on any atom is -0.201 e. The van der Waals surface area contributed by atoms with Gasteiger partial charge in [0.05, 0.1) is 0 Å². The molecule has 0 saturated heterocycles. The molecule has 0 spiro atoms. The molecular formula is C97H106N4+4. The lowest BCUT2D eigenvalue weighted by Crippen LogP contribution is -2.32. The molecule has 0 N–H and O–H groups in total. The lowest BCUT2D eigenvalue weighted by molar-refractivity contribution is -0.660. The van der Waals surface area contributed by atoms with Crippen LogP contribution in [0.2, 0.25) is 0 Å². The summed E-state index contributed by atoms with van der Waals surface area (Å²) in [4.78, 5) is 0. The van der Waals surface area contributed by atoms with Crippen molar-refractivity contribution in [3.63, 3.8) is 0 Å². The first-order valence-electron chi connectivity index (χ1n) is 42.5. The van der Waals surface area contributed by atoms with Crippen LogP contribution in [0.1, 0.15) is 186 Å². The Morgan fingerprint density at radius 2 is 0.693 bits per heavy atom. The molecule has 0 amide bonds. The number of pyridine rings is 4. The van der Waals surface area contributed by atoms with Gasteiger partial charge in [-0.25, -0.2) is 18.3 Å². The zero-order chi connectivity index (χ0) is 83.7. The molecule has 8 aromatic carbocycles. The van der Waals surface area contributed by atoms with Gasteiger partial charge in [-0.3, -0.25) is 0 Å². The standard InChI is InChI=1S/C26H30N.C25H28N.C24H26N.C22H22N/c1-17-16-27(6)24(14-21(17)15-26(3,4)5)22-12-11-20-13-19-9-7-8-10-23(19)25(20)18(22)2;1-17-21(23-14-18(12-13-26(23)5)16-25(2,3)4)11-10-20-15-19-8-6-7-9-22(19)24(17)20;1-15(2)22-13-23(25(5)14-16(22)3)20-11-10-19-12-18-8-6-7-9-21(18)24(19)17(20)4;1-14-11-21(23(4)13-15(14)2)19-10-9-18-12-17-7-5-6-8-20(17)22(18)16(19)3/h7-12,14,16H,13,15H2,1-6H3;6-14H,15-16H2,1-5H3;6-11,13-15H,12H2,1-5H3;5-11,13H,12H2,1-4H3/q4*+1/i1D3,15D2;16D2;3D3,15D;2D3. The Labute approximate surface area is 624 Å². The van der Waals surface area contributed by atoms with Crippen LogP contribution in [0.15, 0.2) is 201 Å². The fraction of sp³-hybridized carbons (Fsp3) is 0.299. The zero-order valence-electron chi connectivity index (χ0n) is 76.2. The van der Waals surface area contributed by atoms with Gasteiger partial charge in [-0.05, 0) is 268 Å². The normalized spacial score (nSPS) is 15.4. The summed E-state index contributed by atoms with van der Waals surface area (Å²) in [6.07, 6.45) is 7.59. The second kappa shape index (κ2) is 27.7. The maximum absolute atomic E-state index is 8.85. The molecule has 0 atom stereocenters. The molecule has 0 radical (unpaired) electrons. The molecule has 101 heavy (non-hydrogen) atoms. The lowest BCUT2D eigenvalue weighted by Gasteiger charge is -2.20. The van der Waals surface area contributed by atoms with Crippen LogP contribution in [0.4, 0.5) is 0 Å². The molecule has 0 aliphatic heterocycles. The molecule has 4 nitrogen and oxygen atoms in total. The third kappa shape index (κ3) is 13.9. The van der Waals surface area contributed by atoms with Crippen LogP contribution in [-0.4, -0.2) is 0 Å². The van der Waals surface area contributed by atoms with Gasteiger partial charge < -0.3 is 0 Å². The fourth-order valence-corrected chi connectivity index (χ4v) is 15.9. The first-order valence-corrected chi connectivity index (χ1v) is 35.5. The van der Waals surface area contributed by atoms with Gasteiger partial charge >= 0.3 is 0 Å². The highest BCUT2D eigenvalue weighted by molar-refractivity contribution is 5.88. The second-order valence-electron chi connectivity index (χ2n) is 30.6. The van der Waals surface area contributed by atoms with Gasteiger partial charge in [0.25, 0.3) is 0 Å². The number of aromatic nitrogens is 4. The summed E-state index contributed by atoms with van der Waals surface area (Å²) in [5, 5.41) is 0. The van der Waals surface area contributed by atoms with Crippen LogP contribution >= 0.6 is 0 Å². The van der Waals surface area contributed by atoms with Gasteiger partial charge in [-0.1, -0.05) is 177 Å². The molecule has 0 bridgehead atoms. The molecule has 0 saturated carbocycles. The van der Waals surface area contributed by atoms with Gasteiger partial charge in [0.2, 0.25) is 22.8 Å². The maximum Gasteiger partial charge on any atom is 0.212 e. The van der Waals surface area contributed by atoms with Crippen molar-refractivity contribution >= 4 is 0 Å². The van der Waals surface area contributed by atoms with E-state index >= 15 is 0 Å².